The summed E-state index contributed by atoms with van der Waals surface area (Å²) in [6.45, 7) is 0. The number of rotatable bonds is 5. The van der Waals surface area contributed by atoms with Crippen LogP contribution in [-0.2, 0) is 11.2 Å². The van der Waals surface area contributed by atoms with Crippen molar-refractivity contribution in [2.45, 2.75) is 12.8 Å². The molecule has 1 amide bonds. The van der Waals surface area contributed by atoms with Crippen LogP contribution in [0.3, 0.4) is 0 Å². The number of nitrogens with two attached hydrogens (primary N) is 1. The number of ether oxygens (including phenoxy) is 1. The maximum absolute atomic E-state index is 11.9. The monoisotopic (exact) mass is 348 g/mol. The zero-order valence-corrected chi connectivity index (χ0v) is 13.3. The molecule has 0 saturated carbocycles. The Morgan fingerprint density at radius 1 is 1.24 bits per heavy atom. The number of amides is 1. The number of anilines is 2. The third-order valence-electron chi connectivity index (χ3n) is 3.09. The van der Waals surface area contributed by atoms with Crippen LogP contribution in [-0.4, -0.2) is 13.0 Å². The molecule has 2 aromatic rings. The number of hydrogen-bond donors (Lipinski definition) is 2. The van der Waals surface area contributed by atoms with Crippen LogP contribution in [0.1, 0.15) is 12.0 Å². The minimum absolute atomic E-state index is 0.0557. The first-order valence-electron chi connectivity index (χ1n) is 6.56. The highest BCUT2D eigenvalue weighted by atomic mass is 79.9. The summed E-state index contributed by atoms with van der Waals surface area (Å²) in [6, 6.07) is 13.1. The number of methoxy groups -OCH3 is 1. The molecule has 110 valence electrons. The summed E-state index contributed by atoms with van der Waals surface area (Å²) in [5.74, 6) is 0.755. The molecule has 0 radical (unpaired) electrons. The van der Waals surface area contributed by atoms with E-state index in [1.165, 1.54) is 0 Å². The molecule has 2 aromatic carbocycles. The lowest BCUT2D eigenvalue weighted by Gasteiger charge is -2.08. The molecule has 2 rings (SSSR count). The Morgan fingerprint density at radius 2 is 1.95 bits per heavy atom. The van der Waals surface area contributed by atoms with Gasteiger partial charge in [0.1, 0.15) is 5.75 Å². The van der Waals surface area contributed by atoms with Gasteiger partial charge >= 0.3 is 0 Å². The number of nitrogens with one attached hydrogen (secondary N) is 1. The summed E-state index contributed by atoms with van der Waals surface area (Å²) in [4.78, 5) is 11.9. The Hall–Kier alpha value is -2.01. The second-order valence-corrected chi connectivity index (χ2v) is 5.54. The number of aryl methyl sites for hydroxylation is 1. The molecule has 0 atom stereocenters. The van der Waals surface area contributed by atoms with Gasteiger partial charge < -0.3 is 15.8 Å². The van der Waals surface area contributed by atoms with Gasteiger partial charge in [-0.2, -0.15) is 0 Å². The van der Waals surface area contributed by atoms with Gasteiger partial charge in [0.15, 0.2) is 0 Å². The zero-order valence-electron chi connectivity index (χ0n) is 11.7. The second kappa shape index (κ2) is 7.13. The lowest BCUT2D eigenvalue weighted by atomic mass is 10.1. The number of nitrogen functional groups attached to an aromatic ring is 1. The molecular formula is C16H17BrN2O2. The molecule has 0 aliphatic rings. The highest BCUT2D eigenvalue weighted by molar-refractivity contribution is 9.10. The summed E-state index contributed by atoms with van der Waals surface area (Å²) >= 11 is 3.33. The van der Waals surface area contributed by atoms with Gasteiger partial charge in [-0.25, -0.2) is 0 Å². The Balaban J connectivity index is 1.89. The summed E-state index contributed by atoms with van der Waals surface area (Å²) in [6.07, 6.45) is 1.08. The predicted octanol–water partition coefficient (Wildman–Crippen LogP) is 3.61. The van der Waals surface area contributed by atoms with Crippen LogP contribution in [0.4, 0.5) is 11.4 Å². The van der Waals surface area contributed by atoms with Gasteiger partial charge in [0, 0.05) is 10.9 Å². The maximum Gasteiger partial charge on any atom is 0.224 e. The number of carbonyl (C=O) groups is 1. The van der Waals surface area contributed by atoms with Crippen LogP contribution in [0.2, 0.25) is 0 Å². The first-order valence-corrected chi connectivity index (χ1v) is 7.35. The Morgan fingerprint density at radius 3 is 2.57 bits per heavy atom. The number of benzene rings is 2. The van der Waals surface area contributed by atoms with Crippen LogP contribution in [0.15, 0.2) is 46.9 Å². The van der Waals surface area contributed by atoms with Crippen molar-refractivity contribution in [1.29, 1.82) is 0 Å². The lowest BCUT2D eigenvalue weighted by Crippen LogP contribution is -2.13. The van der Waals surface area contributed by atoms with E-state index >= 15 is 0 Å². The van der Waals surface area contributed by atoms with E-state index in [9.17, 15) is 4.79 Å². The highest BCUT2D eigenvalue weighted by Gasteiger charge is 2.06. The summed E-state index contributed by atoms with van der Waals surface area (Å²) in [5, 5.41) is 2.82. The Bertz CT molecular complexity index is 627. The predicted molar refractivity (Wildman–Crippen MR) is 88.5 cm³/mol. The minimum atomic E-state index is -0.0557. The number of halogens is 1. The SMILES string of the molecule is COc1ccc(CCC(=O)Nc2ccc(Br)cc2N)cc1. The fraction of sp³-hybridized carbons (Fsp3) is 0.188. The van der Waals surface area contributed by atoms with E-state index in [2.05, 4.69) is 21.2 Å². The minimum Gasteiger partial charge on any atom is -0.497 e. The van der Waals surface area contributed by atoms with Gasteiger partial charge in [0.05, 0.1) is 18.5 Å². The first-order chi connectivity index (χ1) is 10.1. The van der Waals surface area contributed by atoms with E-state index in [0.29, 0.717) is 24.2 Å². The molecule has 0 aliphatic heterocycles. The third-order valence-corrected chi connectivity index (χ3v) is 3.58. The number of hydrogen-bond acceptors (Lipinski definition) is 3. The Labute approximate surface area is 132 Å². The van der Waals surface area contributed by atoms with Crippen LogP contribution < -0.4 is 15.8 Å². The molecule has 0 heterocycles. The fourth-order valence-corrected chi connectivity index (χ4v) is 2.29. The van der Waals surface area contributed by atoms with Crippen molar-refractivity contribution in [3.05, 3.63) is 52.5 Å². The second-order valence-electron chi connectivity index (χ2n) is 4.63. The summed E-state index contributed by atoms with van der Waals surface area (Å²) in [5.41, 5.74) is 8.12. The first kappa shape index (κ1) is 15.4. The largest absolute Gasteiger partial charge is 0.497 e. The van der Waals surface area contributed by atoms with E-state index in [-0.39, 0.29) is 5.91 Å². The van der Waals surface area contributed by atoms with E-state index in [4.69, 9.17) is 10.5 Å². The van der Waals surface area contributed by atoms with Crippen LogP contribution >= 0.6 is 15.9 Å². The molecule has 0 fully saturated rings. The topological polar surface area (TPSA) is 64.3 Å². The van der Waals surface area contributed by atoms with Gasteiger partial charge in [-0.15, -0.1) is 0 Å². The van der Waals surface area contributed by atoms with Gasteiger partial charge in [-0.3, -0.25) is 4.79 Å². The molecule has 4 nitrogen and oxygen atoms in total. The van der Waals surface area contributed by atoms with Crippen LogP contribution in [0, 0.1) is 0 Å². The lowest BCUT2D eigenvalue weighted by molar-refractivity contribution is -0.116. The molecule has 5 heteroatoms. The van der Waals surface area contributed by atoms with E-state index in [0.717, 1.165) is 15.8 Å². The smallest absolute Gasteiger partial charge is 0.224 e. The molecule has 0 spiro atoms. The van der Waals surface area contributed by atoms with Crippen molar-refractivity contribution >= 4 is 33.2 Å². The van der Waals surface area contributed by atoms with Crippen molar-refractivity contribution in [3.8, 4) is 5.75 Å². The van der Waals surface area contributed by atoms with E-state index < -0.39 is 0 Å². The van der Waals surface area contributed by atoms with Gasteiger partial charge in [-0.1, -0.05) is 28.1 Å². The van der Waals surface area contributed by atoms with Crippen LogP contribution in [0.25, 0.3) is 0 Å². The normalized spacial score (nSPS) is 10.2. The standard InChI is InChI=1S/C16H17BrN2O2/c1-21-13-6-2-11(3-7-13)4-9-16(20)19-15-8-5-12(17)10-14(15)18/h2-3,5-8,10H,4,9,18H2,1H3,(H,19,20). The van der Waals surface area contributed by atoms with Gasteiger partial charge in [0.2, 0.25) is 5.91 Å². The molecule has 0 unspecified atom stereocenters. The van der Waals surface area contributed by atoms with Gasteiger partial charge in [-0.05, 0) is 42.3 Å². The van der Waals surface area contributed by atoms with E-state index in [1.807, 2.05) is 30.3 Å². The average Bonchev–Trinajstić information content (AvgIpc) is 2.48. The molecule has 3 N–H and O–H groups in total. The fourth-order valence-electron chi connectivity index (χ4n) is 1.91. The molecule has 0 bridgehead atoms. The molecule has 0 aromatic heterocycles. The van der Waals surface area contributed by atoms with Crippen molar-refractivity contribution in [3.63, 3.8) is 0 Å². The third kappa shape index (κ3) is 4.49. The van der Waals surface area contributed by atoms with Crippen molar-refractivity contribution in [2.24, 2.45) is 0 Å². The quantitative estimate of drug-likeness (QED) is 0.811. The van der Waals surface area contributed by atoms with Crippen molar-refractivity contribution in [2.75, 3.05) is 18.2 Å². The molecule has 0 aliphatic carbocycles. The van der Waals surface area contributed by atoms with Crippen molar-refractivity contribution in [1.82, 2.24) is 0 Å². The van der Waals surface area contributed by atoms with Crippen molar-refractivity contribution < 1.29 is 9.53 Å². The average molecular weight is 349 g/mol. The van der Waals surface area contributed by atoms with E-state index in [1.54, 1.807) is 19.2 Å². The summed E-state index contributed by atoms with van der Waals surface area (Å²) < 4.78 is 5.98. The van der Waals surface area contributed by atoms with Gasteiger partial charge in [0.25, 0.3) is 0 Å². The number of carbonyl (C=O) groups excluding carboxylic acids is 1. The highest BCUT2D eigenvalue weighted by Crippen LogP contribution is 2.23. The molecular weight excluding hydrogens is 332 g/mol. The maximum atomic E-state index is 11.9. The Kier molecular flexibility index (Phi) is 5.22. The summed E-state index contributed by atoms with van der Waals surface area (Å²) in [7, 11) is 1.63. The molecule has 0 saturated heterocycles. The van der Waals surface area contributed by atoms with Crippen LogP contribution in [0.5, 0.6) is 5.75 Å². The molecule has 21 heavy (non-hydrogen) atoms. The zero-order chi connectivity index (χ0) is 15.2.